The molecule has 1 aromatic heterocycles. The Kier molecular flexibility index (Phi) is 5.19. The second-order valence-electron chi connectivity index (χ2n) is 5.80. The fourth-order valence-electron chi connectivity index (χ4n) is 1.54. The predicted octanol–water partition coefficient (Wildman–Crippen LogP) is 3.05. The van der Waals surface area contributed by atoms with Crippen LogP contribution in [0.2, 0.25) is 0 Å². The fraction of sp³-hybridized carbons (Fsp3) is 0.786. The lowest BCUT2D eigenvalue weighted by molar-refractivity contribution is 0.246. The van der Waals surface area contributed by atoms with Gasteiger partial charge in [0, 0.05) is 19.4 Å². The van der Waals surface area contributed by atoms with Gasteiger partial charge in [0.2, 0.25) is 0 Å². The molecule has 0 fully saturated rings. The van der Waals surface area contributed by atoms with E-state index < -0.39 is 0 Å². The van der Waals surface area contributed by atoms with Gasteiger partial charge in [0.1, 0.15) is 5.76 Å². The molecular weight excluding hydrogens is 212 g/mol. The van der Waals surface area contributed by atoms with Crippen LogP contribution >= 0.6 is 0 Å². The maximum atomic E-state index is 5.74. The predicted molar refractivity (Wildman–Crippen MR) is 71.1 cm³/mol. The summed E-state index contributed by atoms with van der Waals surface area (Å²) < 4.78 is 5.74. The molecule has 0 amide bonds. The van der Waals surface area contributed by atoms with Crippen molar-refractivity contribution in [3.63, 3.8) is 0 Å². The molecule has 0 aliphatic rings. The first kappa shape index (κ1) is 14.2. The third kappa shape index (κ3) is 4.90. The number of rotatable bonds is 6. The molecule has 17 heavy (non-hydrogen) atoms. The van der Waals surface area contributed by atoms with Gasteiger partial charge in [-0.3, -0.25) is 0 Å². The Morgan fingerprint density at radius 2 is 2.12 bits per heavy atom. The molecule has 1 atom stereocenters. The topological polar surface area (TPSA) is 38.1 Å². The van der Waals surface area contributed by atoms with Crippen molar-refractivity contribution >= 4 is 0 Å². The van der Waals surface area contributed by atoms with Crippen molar-refractivity contribution in [3.8, 4) is 0 Å². The SMILES string of the molecule is CCNCCc1ncc(CC(C)C(C)(C)C)o1. The number of hydrogen-bond acceptors (Lipinski definition) is 3. The largest absolute Gasteiger partial charge is 0.446 e. The quantitative estimate of drug-likeness (QED) is 0.774. The Bertz CT molecular complexity index is 325. The normalized spacial score (nSPS) is 13.9. The van der Waals surface area contributed by atoms with Crippen LogP contribution in [-0.2, 0) is 12.8 Å². The standard InChI is InChI=1S/C14H26N2O/c1-6-15-8-7-13-16-10-12(17-13)9-11(2)14(3,4)5/h10-11,15H,6-9H2,1-5H3. The highest BCUT2D eigenvalue weighted by Gasteiger charge is 2.21. The van der Waals surface area contributed by atoms with E-state index in [1.807, 2.05) is 6.20 Å². The van der Waals surface area contributed by atoms with Gasteiger partial charge in [0.05, 0.1) is 6.20 Å². The van der Waals surface area contributed by atoms with Gasteiger partial charge in [-0.2, -0.15) is 0 Å². The number of likely N-dealkylation sites (N-methyl/N-ethyl adjacent to an activating group) is 1. The van der Waals surface area contributed by atoms with E-state index in [1.165, 1.54) is 0 Å². The van der Waals surface area contributed by atoms with Crippen molar-refractivity contribution in [2.45, 2.75) is 47.5 Å². The van der Waals surface area contributed by atoms with Crippen molar-refractivity contribution < 1.29 is 4.42 Å². The summed E-state index contributed by atoms with van der Waals surface area (Å²) in [5, 5.41) is 3.27. The highest BCUT2D eigenvalue weighted by atomic mass is 16.4. The van der Waals surface area contributed by atoms with E-state index in [2.05, 4.69) is 44.9 Å². The number of nitrogens with zero attached hydrogens (tertiary/aromatic N) is 1. The Morgan fingerprint density at radius 3 is 2.71 bits per heavy atom. The van der Waals surface area contributed by atoms with E-state index in [1.54, 1.807) is 0 Å². The molecule has 0 spiro atoms. The van der Waals surface area contributed by atoms with Crippen molar-refractivity contribution in [1.82, 2.24) is 10.3 Å². The summed E-state index contributed by atoms with van der Waals surface area (Å²) in [6, 6.07) is 0. The summed E-state index contributed by atoms with van der Waals surface area (Å²) in [5.41, 5.74) is 0.316. The van der Waals surface area contributed by atoms with E-state index in [0.29, 0.717) is 11.3 Å². The zero-order valence-corrected chi connectivity index (χ0v) is 11.8. The molecule has 1 unspecified atom stereocenters. The van der Waals surface area contributed by atoms with E-state index in [9.17, 15) is 0 Å². The number of aromatic nitrogens is 1. The Morgan fingerprint density at radius 1 is 1.41 bits per heavy atom. The fourth-order valence-corrected chi connectivity index (χ4v) is 1.54. The van der Waals surface area contributed by atoms with Crippen molar-refractivity contribution in [3.05, 3.63) is 17.8 Å². The lowest BCUT2D eigenvalue weighted by Gasteiger charge is -2.26. The van der Waals surface area contributed by atoms with Crippen LogP contribution in [-0.4, -0.2) is 18.1 Å². The second kappa shape index (κ2) is 6.20. The minimum absolute atomic E-state index is 0.316. The number of oxazole rings is 1. The van der Waals surface area contributed by atoms with Crippen LogP contribution in [0.3, 0.4) is 0 Å². The molecule has 0 saturated carbocycles. The Balaban J connectivity index is 2.45. The van der Waals surface area contributed by atoms with Crippen LogP contribution in [0.5, 0.6) is 0 Å². The van der Waals surface area contributed by atoms with Crippen LogP contribution in [0, 0.1) is 11.3 Å². The van der Waals surface area contributed by atoms with Gasteiger partial charge in [-0.1, -0.05) is 34.6 Å². The molecule has 0 aromatic carbocycles. The molecule has 0 saturated heterocycles. The maximum absolute atomic E-state index is 5.74. The average Bonchev–Trinajstić information content (AvgIpc) is 2.65. The second-order valence-corrected chi connectivity index (χ2v) is 5.80. The van der Waals surface area contributed by atoms with E-state index >= 15 is 0 Å². The molecule has 1 aromatic rings. The first-order valence-electron chi connectivity index (χ1n) is 6.57. The number of hydrogen-bond donors (Lipinski definition) is 1. The monoisotopic (exact) mass is 238 g/mol. The van der Waals surface area contributed by atoms with Gasteiger partial charge < -0.3 is 9.73 Å². The smallest absolute Gasteiger partial charge is 0.195 e. The highest BCUT2D eigenvalue weighted by Crippen LogP contribution is 2.28. The van der Waals surface area contributed by atoms with Gasteiger partial charge in [-0.25, -0.2) is 4.98 Å². The summed E-state index contributed by atoms with van der Waals surface area (Å²) in [4.78, 5) is 4.32. The summed E-state index contributed by atoms with van der Waals surface area (Å²) in [7, 11) is 0. The molecule has 98 valence electrons. The molecular formula is C14H26N2O. The zero-order chi connectivity index (χ0) is 12.9. The lowest BCUT2D eigenvalue weighted by atomic mass is 9.80. The minimum atomic E-state index is 0.316. The van der Waals surface area contributed by atoms with Crippen LogP contribution in [0.4, 0.5) is 0 Å². The summed E-state index contributed by atoms with van der Waals surface area (Å²) in [6.07, 6.45) is 3.72. The van der Waals surface area contributed by atoms with Crippen molar-refractivity contribution in [2.24, 2.45) is 11.3 Å². The van der Waals surface area contributed by atoms with E-state index in [0.717, 1.165) is 37.6 Å². The van der Waals surface area contributed by atoms with E-state index in [4.69, 9.17) is 4.42 Å². The van der Waals surface area contributed by atoms with E-state index in [-0.39, 0.29) is 0 Å². The molecule has 3 heteroatoms. The molecule has 0 bridgehead atoms. The summed E-state index contributed by atoms with van der Waals surface area (Å²) >= 11 is 0. The summed E-state index contributed by atoms with van der Waals surface area (Å²) in [5.74, 6) is 2.46. The molecule has 3 nitrogen and oxygen atoms in total. The van der Waals surface area contributed by atoms with Gasteiger partial charge in [0.25, 0.3) is 0 Å². The Hall–Kier alpha value is -0.830. The molecule has 0 aliphatic heterocycles. The van der Waals surface area contributed by atoms with Crippen molar-refractivity contribution in [2.75, 3.05) is 13.1 Å². The molecule has 0 aliphatic carbocycles. The van der Waals surface area contributed by atoms with Crippen molar-refractivity contribution in [1.29, 1.82) is 0 Å². The van der Waals surface area contributed by atoms with Crippen LogP contribution in [0.1, 0.15) is 46.3 Å². The third-order valence-electron chi connectivity index (χ3n) is 3.35. The Labute approximate surface area is 105 Å². The first-order valence-corrected chi connectivity index (χ1v) is 6.57. The minimum Gasteiger partial charge on any atom is -0.446 e. The molecule has 0 radical (unpaired) electrons. The molecule has 1 rings (SSSR count). The zero-order valence-electron chi connectivity index (χ0n) is 11.8. The summed E-state index contributed by atoms with van der Waals surface area (Å²) in [6.45, 7) is 13.1. The molecule has 1 N–H and O–H groups in total. The van der Waals surface area contributed by atoms with Crippen LogP contribution in [0.25, 0.3) is 0 Å². The van der Waals surface area contributed by atoms with Gasteiger partial charge in [-0.05, 0) is 17.9 Å². The third-order valence-corrected chi connectivity index (χ3v) is 3.35. The maximum Gasteiger partial charge on any atom is 0.195 e. The van der Waals surface area contributed by atoms with Gasteiger partial charge >= 0.3 is 0 Å². The average molecular weight is 238 g/mol. The van der Waals surface area contributed by atoms with Crippen LogP contribution < -0.4 is 5.32 Å². The first-order chi connectivity index (χ1) is 7.93. The lowest BCUT2D eigenvalue weighted by Crippen LogP contribution is -2.19. The highest BCUT2D eigenvalue weighted by molar-refractivity contribution is 4.97. The number of nitrogens with one attached hydrogen (secondary N) is 1. The van der Waals surface area contributed by atoms with Gasteiger partial charge in [0.15, 0.2) is 5.89 Å². The van der Waals surface area contributed by atoms with Gasteiger partial charge in [-0.15, -0.1) is 0 Å². The van der Waals surface area contributed by atoms with Crippen LogP contribution in [0.15, 0.2) is 10.6 Å². The molecule has 1 heterocycles.